The summed E-state index contributed by atoms with van der Waals surface area (Å²) in [5.74, 6) is -0.246. The SMILES string of the molecule is CNS(=O)(=O)Cc1ccccc1CNS(=O)(=O)c1cc(Cl)cc(Cl)c1. The van der Waals surface area contributed by atoms with E-state index in [4.69, 9.17) is 23.2 Å². The van der Waals surface area contributed by atoms with Crippen molar-refractivity contribution in [2.24, 2.45) is 0 Å². The number of hydrogen-bond donors (Lipinski definition) is 2. The van der Waals surface area contributed by atoms with Crippen molar-refractivity contribution in [3.05, 3.63) is 63.6 Å². The van der Waals surface area contributed by atoms with Gasteiger partial charge in [0, 0.05) is 16.6 Å². The molecule has 0 saturated carbocycles. The fourth-order valence-electron chi connectivity index (χ4n) is 2.09. The highest BCUT2D eigenvalue weighted by Crippen LogP contribution is 2.22. The summed E-state index contributed by atoms with van der Waals surface area (Å²) in [6, 6.07) is 10.7. The molecule has 25 heavy (non-hydrogen) atoms. The van der Waals surface area contributed by atoms with E-state index in [-0.39, 0.29) is 27.2 Å². The van der Waals surface area contributed by atoms with E-state index < -0.39 is 20.0 Å². The monoisotopic (exact) mass is 422 g/mol. The first-order valence-electron chi connectivity index (χ1n) is 7.07. The molecule has 0 aliphatic rings. The topological polar surface area (TPSA) is 92.3 Å². The van der Waals surface area contributed by atoms with Crippen LogP contribution in [0.4, 0.5) is 0 Å². The Kier molecular flexibility index (Phi) is 6.47. The molecular formula is C15H16Cl2N2O4S2. The molecule has 0 unspecified atom stereocenters. The van der Waals surface area contributed by atoms with Gasteiger partial charge >= 0.3 is 0 Å². The molecule has 0 amide bonds. The molecule has 0 heterocycles. The van der Waals surface area contributed by atoms with E-state index in [1.54, 1.807) is 24.3 Å². The van der Waals surface area contributed by atoms with Crippen molar-refractivity contribution >= 4 is 43.2 Å². The number of nitrogens with one attached hydrogen (secondary N) is 2. The Morgan fingerprint density at radius 1 is 0.920 bits per heavy atom. The van der Waals surface area contributed by atoms with Crippen molar-refractivity contribution in [1.82, 2.24) is 9.44 Å². The molecule has 0 aliphatic heterocycles. The molecule has 0 bridgehead atoms. The minimum Gasteiger partial charge on any atom is -0.218 e. The Morgan fingerprint density at radius 3 is 2.04 bits per heavy atom. The fraction of sp³-hybridized carbons (Fsp3) is 0.200. The van der Waals surface area contributed by atoms with Gasteiger partial charge in [-0.1, -0.05) is 47.5 Å². The van der Waals surface area contributed by atoms with Gasteiger partial charge in [-0.05, 0) is 36.4 Å². The van der Waals surface area contributed by atoms with E-state index in [9.17, 15) is 16.8 Å². The maximum absolute atomic E-state index is 12.4. The van der Waals surface area contributed by atoms with Gasteiger partial charge < -0.3 is 0 Å². The fourth-order valence-corrected chi connectivity index (χ4v) is 4.65. The summed E-state index contributed by atoms with van der Waals surface area (Å²) in [5, 5.41) is 0.404. The number of benzene rings is 2. The maximum Gasteiger partial charge on any atom is 0.240 e. The summed E-state index contributed by atoms with van der Waals surface area (Å²) < 4.78 is 52.9. The molecule has 0 fully saturated rings. The van der Waals surface area contributed by atoms with Gasteiger partial charge in [-0.2, -0.15) is 0 Å². The van der Waals surface area contributed by atoms with Crippen molar-refractivity contribution in [3.63, 3.8) is 0 Å². The average Bonchev–Trinajstić information content (AvgIpc) is 2.53. The lowest BCUT2D eigenvalue weighted by molar-refractivity contribution is 0.581. The molecule has 0 saturated heterocycles. The van der Waals surface area contributed by atoms with Crippen LogP contribution in [0.5, 0.6) is 0 Å². The summed E-state index contributed by atoms with van der Waals surface area (Å²) in [7, 11) is -6.00. The highest BCUT2D eigenvalue weighted by molar-refractivity contribution is 7.89. The minimum atomic E-state index is -3.85. The average molecular weight is 423 g/mol. The zero-order chi connectivity index (χ0) is 18.7. The van der Waals surface area contributed by atoms with Crippen molar-refractivity contribution < 1.29 is 16.8 Å². The predicted octanol–water partition coefficient (Wildman–Crippen LogP) is 2.52. The van der Waals surface area contributed by atoms with Crippen molar-refractivity contribution in [3.8, 4) is 0 Å². The van der Waals surface area contributed by atoms with Gasteiger partial charge in [-0.3, -0.25) is 0 Å². The summed E-state index contributed by atoms with van der Waals surface area (Å²) in [4.78, 5) is -0.0645. The molecule has 6 nitrogen and oxygen atoms in total. The lowest BCUT2D eigenvalue weighted by atomic mass is 10.1. The second kappa shape index (κ2) is 8.03. The van der Waals surface area contributed by atoms with Crippen molar-refractivity contribution in [1.29, 1.82) is 0 Å². The molecule has 0 atom stereocenters. The zero-order valence-corrected chi connectivity index (χ0v) is 16.3. The van der Waals surface area contributed by atoms with Crippen LogP contribution >= 0.6 is 23.2 Å². The van der Waals surface area contributed by atoms with Crippen LogP contribution in [0.3, 0.4) is 0 Å². The first kappa shape index (κ1) is 20.2. The molecule has 0 aliphatic carbocycles. The summed E-state index contributed by atoms with van der Waals surface area (Å²) >= 11 is 11.7. The van der Waals surface area contributed by atoms with Crippen LogP contribution < -0.4 is 9.44 Å². The van der Waals surface area contributed by atoms with Gasteiger partial charge in [0.1, 0.15) is 0 Å². The van der Waals surface area contributed by atoms with Gasteiger partial charge in [0.05, 0.1) is 10.6 Å². The van der Waals surface area contributed by atoms with Crippen LogP contribution in [0, 0.1) is 0 Å². The molecule has 2 aromatic rings. The highest BCUT2D eigenvalue weighted by atomic mass is 35.5. The Balaban J connectivity index is 2.24. The normalized spacial score (nSPS) is 12.3. The lowest BCUT2D eigenvalue weighted by Gasteiger charge is -2.12. The third-order valence-electron chi connectivity index (χ3n) is 3.37. The second-order valence-corrected chi connectivity index (χ2v) is 9.73. The van der Waals surface area contributed by atoms with Crippen LogP contribution in [0.1, 0.15) is 11.1 Å². The summed E-state index contributed by atoms with van der Waals surface area (Å²) in [6.07, 6.45) is 0. The minimum absolute atomic E-state index is 0.0645. The van der Waals surface area contributed by atoms with Crippen LogP contribution in [-0.2, 0) is 32.3 Å². The Morgan fingerprint density at radius 2 is 1.48 bits per heavy atom. The Bertz CT molecular complexity index is 957. The van der Waals surface area contributed by atoms with E-state index in [1.165, 1.54) is 25.2 Å². The molecule has 0 spiro atoms. The van der Waals surface area contributed by atoms with Crippen molar-refractivity contribution in [2.75, 3.05) is 7.05 Å². The van der Waals surface area contributed by atoms with E-state index >= 15 is 0 Å². The van der Waals surface area contributed by atoms with Gasteiger partial charge in [0.25, 0.3) is 0 Å². The standard InChI is InChI=1S/C15H16Cl2N2O4S2/c1-18-24(20,21)10-12-5-3-2-4-11(12)9-19-25(22,23)15-7-13(16)6-14(17)8-15/h2-8,18-19H,9-10H2,1H3. The van der Waals surface area contributed by atoms with E-state index in [0.29, 0.717) is 11.1 Å². The summed E-state index contributed by atoms with van der Waals surface area (Å²) in [6.45, 7) is -0.0676. The van der Waals surface area contributed by atoms with E-state index in [0.717, 1.165) is 0 Å². The largest absolute Gasteiger partial charge is 0.240 e. The molecule has 2 N–H and O–H groups in total. The third-order valence-corrected chi connectivity index (χ3v) is 6.50. The Hall–Kier alpha value is -1.16. The highest BCUT2D eigenvalue weighted by Gasteiger charge is 2.17. The van der Waals surface area contributed by atoms with Gasteiger partial charge in [0.15, 0.2) is 0 Å². The lowest BCUT2D eigenvalue weighted by Crippen LogP contribution is -2.25. The molecule has 2 rings (SSSR count). The molecule has 136 valence electrons. The predicted molar refractivity (Wildman–Crippen MR) is 98.6 cm³/mol. The molecular weight excluding hydrogens is 407 g/mol. The van der Waals surface area contributed by atoms with Gasteiger partial charge in [-0.25, -0.2) is 26.3 Å². The first-order valence-corrected chi connectivity index (χ1v) is 11.0. The van der Waals surface area contributed by atoms with Crippen LogP contribution in [0.2, 0.25) is 10.0 Å². The molecule has 0 radical (unpaired) electrons. The molecule has 10 heteroatoms. The summed E-state index contributed by atoms with van der Waals surface area (Å²) in [5.41, 5.74) is 1.06. The second-order valence-electron chi connectivity index (χ2n) is 5.16. The van der Waals surface area contributed by atoms with Crippen LogP contribution in [-0.4, -0.2) is 23.9 Å². The van der Waals surface area contributed by atoms with E-state index in [1.807, 2.05) is 0 Å². The van der Waals surface area contributed by atoms with Crippen LogP contribution in [0.15, 0.2) is 47.4 Å². The van der Waals surface area contributed by atoms with Crippen LogP contribution in [0.25, 0.3) is 0 Å². The number of rotatable bonds is 7. The third kappa shape index (κ3) is 5.67. The maximum atomic E-state index is 12.4. The number of halogens is 2. The first-order chi connectivity index (χ1) is 11.6. The van der Waals surface area contributed by atoms with E-state index in [2.05, 4.69) is 9.44 Å². The molecule has 0 aromatic heterocycles. The van der Waals surface area contributed by atoms with Gasteiger partial charge in [-0.15, -0.1) is 0 Å². The molecule has 2 aromatic carbocycles. The smallest absolute Gasteiger partial charge is 0.218 e. The zero-order valence-electron chi connectivity index (χ0n) is 13.2. The van der Waals surface area contributed by atoms with Gasteiger partial charge in [0.2, 0.25) is 20.0 Å². The van der Waals surface area contributed by atoms with Crippen molar-refractivity contribution in [2.45, 2.75) is 17.2 Å². The Labute approximate surface area is 157 Å². The number of hydrogen-bond acceptors (Lipinski definition) is 4. The number of sulfonamides is 2. The quantitative estimate of drug-likeness (QED) is 0.716.